The first-order valence-corrected chi connectivity index (χ1v) is 4.20. The van der Waals surface area contributed by atoms with Gasteiger partial charge in [-0.1, -0.05) is 12.2 Å². The molecule has 0 amide bonds. The summed E-state index contributed by atoms with van der Waals surface area (Å²) in [6, 6.07) is 1.50. The zero-order chi connectivity index (χ0) is 7.40. The lowest BCUT2D eigenvalue weighted by atomic mass is 10.1. The minimum absolute atomic E-state index is 0.746. The quantitative estimate of drug-likeness (QED) is 0.578. The summed E-state index contributed by atoms with van der Waals surface area (Å²) < 4.78 is 0. The molecule has 1 heteroatoms. The van der Waals surface area contributed by atoms with Crippen molar-refractivity contribution in [3.05, 3.63) is 12.2 Å². The van der Waals surface area contributed by atoms with Crippen molar-refractivity contribution in [1.29, 1.82) is 0 Å². The van der Waals surface area contributed by atoms with Gasteiger partial charge in [0, 0.05) is 12.1 Å². The summed E-state index contributed by atoms with van der Waals surface area (Å²) in [5, 5.41) is 3.54. The van der Waals surface area contributed by atoms with Gasteiger partial charge >= 0.3 is 0 Å². The van der Waals surface area contributed by atoms with Crippen molar-refractivity contribution in [2.24, 2.45) is 0 Å². The van der Waals surface area contributed by atoms with Crippen LogP contribution in [-0.2, 0) is 0 Å². The average Bonchev–Trinajstić information content (AvgIpc) is 2.31. The van der Waals surface area contributed by atoms with Crippen LogP contribution >= 0.6 is 0 Å². The summed E-state index contributed by atoms with van der Waals surface area (Å²) in [6.07, 6.45) is 8.29. The molecule has 1 rings (SSSR count). The SMILES string of the molecule is C/C=C\C[C@H]1CCC(C)N1. The van der Waals surface area contributed by atoms with Gasteiger partial charge in [0.25, 0.3) is 0 Å². The van der Waals surface area contributed by atoms with Gasteiger partial charge in [-0.3, -0.25) is 0 Å². The van der Waals surface area contributed by atoms with Gasteiger partial charge in [0.05, 0.1) is 0 Å². The molecule has 10 heavy (non-hydrogen) atoms. The number of hydrogen-bond donors (Lipinski definition) is 1. The summed E-state index contributed by atoms with van der Waals surface area (Å²) >= 11 is 0. The Bertz CT molecular complexity index is 118. The van der Waals surface area contributed by atoms with Gasteiger partial charge in [0.1, 0.15) is 0 Å². The zero-order valence-corrected chi connectivity index (χ0v) is 6.93. The summed E-state index contributed by atoms with van der Waals surface area (Å²) in [6.45, 7) is 4.34. The number of hydrogen-bond acceptors (Lipinski definition) is 1. The van der Waals surface area contributed by atoms with Crippen molar-refractivity contribution >= 4 is 0 Å². The Kier molecular flexibility index (Phi) is 2.94. The van der Waals surface area contributed by atoms with Gasteiger partial charge in [0.15, 0.2) is 0 Å². The van der Waals surface area contributed by atoms with Gasteiger partial charge in [-0.25, -0.2) is 0 Å². The highest BCUT2D eigenvalue weighted by Crippen LogP contribution is 2.14. The highest BCUT2D eigenvalue weighted by molar-refractivity contribution is 4.88. The van der Waals surface area contributed by atoms with E-state index in [4.69, 9.17) is 0 Å². The molecule has 1 aliphatic heterocycles. The maximum Gasteiger partial charge on any atom is 0.0105 e. The van der Waals surface area contributed by atoms with Crippen LogP contribution in [0.1, 0.15) is 33.1 Å². The lowest BCUT2D eigenvalue weighted by molar-refractivity contribution is 0.566. The fourth-order valence-corrected chi connectivity index (χ4v) is 1.51. The van der Waals surface area contributed by atoms with Crippen molar-refractivity contribution in [2.75, 3.05) is 0 Å². The molecule has 2 atom stereocenters. The second kappa shape index (κ2) is 3.77. The Hall–Kier alpha value is -0.300. The monoisotopic (exact) mass is 139 g/mol. The van der Waals surface area contributed by atoms with E-state index in [0.717, 1.165) is 12.1 Å². The Morgan fingerprint density at radius 2 is 2.30 bits per heavy atom. The van der Waals surface area contributed by atoms with Crippen LogP contribution in [0.25, 0.3) is 0 Å². The molecule has 1 fully saturated rings. The van der Waals surface area contributed by atoms with Crippen LogP contribution < -0.4 is 5.32 Å². The molecule has 1 heterocycles. The minimum Gasteiger partial charge on any atom is -0.311 e. The van der Waals surface area contributed by atoms with E-state index in [9.17, 15) is 0 Å². The van der Waals surface area contributed by atoms with Gasteiger partial charge in [-0.05, 0) is 33.1 Å². The van der Waals surface area contributed by atoms with Gasteiger partial charge in [0.2, 0.25) is 0 Å². The molecule has 1 aliphatic rings. The van der Waals surface area contributed by atoms with Gasteiger partial charge in [-0.15, -0.1) is 0 Å². The topological polar surface area (TPSA) is 12.0 Å². The van der Waals surface area contributed by atoms with Crippen molar-refractivity contribution < 1.29 is 0 Å². The maximum atomic E-state index is 3.54. The Balaban J connectivity index is 2.18. The van der Waals surface area contributed by atoms with Crippen LogP contribution in [0, 0.1) is 0 Å². The molecule has 1 nitrogen and oxygen atoms in total. The number of rotatable bonds is 2. The fourth-order valence-electron chi connectivity index (χ4n) is 1.51. The normalized spacial score (nSPS) is 33.8. The lowest BCUT2D eigenvalue weighted by Crippen LogP contribution is -2.26. The van der Waals surface area contributed by atoms with E-state index in [0.29, 0.717) is 0 Å². The molecule has 0 saturated carbocycles. The predicted octanol–water partition coefficient (Wildman–Crippen LogP) is 2.09. The van der Waals surface area contributed by atoms with E-state index in [1.165, 1.54) is 19.3 Å². The molecule has 1 N–H and O–H groups in total. The van der Waals surface area contributed by atoms with Crippen molar-refractivity contribution in [3.8, 4) is 0 Å². The third-order valence-electron chi connectivity index (χ3n) is 2.12. The van der Waals surface area contributed by atoms with E-state index >= 15 is 0 Å². The largest absolute Gasteiger partial charge is 0.311 e. The van der Waals surface area contributed by atoms with E-state index in [-0.39, 0.29) is 0 Å². The molecule has 0 aromatic heterocycles. The highest BCUT2D eigenvalue weighted by Gasteiger charge is 2.17. The summed E-state index contributed by atoms with van der Waals surface area (Å²) in [4.78, 5) is 0. The zero-order valence-electron chi connectivity index (χ0n) is 6.93. The molecular weight excluding hydrogens is 122 g/mol. The minimum atomic E-state index is 0.746. The molecule has 0 radical (unpaired) electrons. The van der Waals surface area contributed by atoms with Crippen molar-refractivity contribution in [1.82, 2.24) is 5.32 Å². The Morgan fingerprint density at radius 1 is 1.50 bits per heavy atom. The molecule has 1 saturated heterocycles. The molecule has 1 unspecified atom stereocenters. The standard InChI is InChI=1S/C9H17N/c1-3-4-5-9-7-6-8(2)10-9/h3-4,8-10H,5-7H2,1-2H3/b4-3-/t8?,9-/m0/s1. The first kappa shape index (κ1) is 7.80. The van der Waals surface area contributed by atoms with Crippen LogP contribution in [0.3, 0.4) is 0 Å². The molecule has 0 aromatic rings. The Labute approximate surface area is 63.5 Å². The lowest BCUT2D eigenvalue weighted by Gasteiger charge is -2.07. The molecule has 0 aromatic carbocycles. The molecule has 0 aliphatic carbocycles. The second-order valence-corrected chi connectivity index (χ2v) is 3.15. The van der Waals surface area contributed by atoms with Crippen LogP contribution in [-0.4, -0.2) is 12.1 Å². The smallest absolute Gasteiger partial charge is 0.0105 e. The van der Waals surface area contributed by atoms with Crippen LogP contribution in [0.15, 0.2) is 12.2 Å². The van der Waals surface area contributed by atoms with Crippen LogP contribution in [0.5, 0.6) is 0 Å². The molecule has 58 valence electrons. The van der Waals surface area contributed by atoms with Gasteiger partial charge < -0.3 is 5.32 Å². The van der Waals surface area contributed by atoms with Crippen LogP contribution in [0.2, 0.25) is 0 Å². The van der Waals surface area contributed by atoms with Crippen LogP contribution in [0.4, 0.5) is 0 Å². The third kappa shape index (κ3) is 2.14. The number of allylic oxidation sites excluding steroid dienone is 1. The third-order valence-corrected chi connectivity index (χ3v) is 2.12. The van der Waals surface area contributed by atoms with Crippen molar-refractivity contribution in [3.63, 3.8) is 0 Å². The number of nitrogens with one attached hydrogen (secondary N) is 1. The molecule has 0 bridgehead atoms. The molecule has 0 spiro atoms. The second-order valence-electron chi connectivity index (χ2n) is 3.15. The first-order valence-electron chi connectivity index (χ1n) is 4.20. The van der Waals surface area contributed by atoms with Gasteiger partial charge in [-0.2, -0.15) is 0 Å². The fraction of sp³-hybridized carbons (Fsp3) is 0.778. The summed E-state index contributed by atoms with van der Waals surface area (Å²) in [7, 11) is 0. The maximum absolute atomic E-state index is 3.54. The van der Waals surface area contributed by atoms with Crippen molar-refractivity contribution in [2.45, 2.75) is 45.2 Å². The summed E-state index contributed by atoms with van der Waals surface area (Å²) in [5.74, 6) is 0. The predicted molar refractivity (Wildman–Crippen MR) is 45.1 cm³/mol. The van der Waals surface area contributed by atoms with E-state index in [1.54, 1.807) is 0 Å². The van der Waals surface area contributed by atoms with E-state index in [1.807, 2.05) is 0 Å². The molecular formula is C9H17N. The van der Waals surface area contributed by atoms with E-state index in [2.05, 4.69) is 31.3 Å². The Morgan fingerprint density at radius 3 is 2.80 bits per heavy atom. The average molecular weight is 139 g/mol. The highest BCUT2D eigenvalue weighted by atomic mass is 15.0. The van der Waals surface area contributed by atoms with E-state index < -0.39 is 0 Å². The summed E-state index contributed by atoms with van der Waals surface area (Å²) in [5.41, 5.74) is 0. The first-order chi connectivity index (χ1) is 4.83.